The largest absolute Gasteiger partial charge is 0.445 e. The van der Waals surface area contributed by atoms with E-state index >= 15 is 0 Å². The predicted molar refractivity (Wildman–Crippen MR) is 141 cm³/mol. The molecule has 2 aromatic rings. The van der Waals surface area contributed by atoms with Gasteiger partial charge >= 0.3 is 6.09 Å². The van der Waals surface area contributed by atoms with E-state index < -0.39 is 0 Å². The number of benzene rings is 2. The highest BCUT2D eigenvalue weighted by Gasteiger charge is 2.20. The zero-order valence-electron chi connectivity index (χ0n) is 21.5. The van der Waals surface area contributed by atoms with Gasteiger partial charge in [0, 0.05) is 37.5 Å². The number of nitrogens with zero attached hydrogens (tertiary/aromatic N) is 1. The normalized spacial score (nSPS) is 14.1. The zero-order chi connectivity index (χ0) is 24.8. The van der Waals surface area contributed by atoms with Gasteiger partial charge in [-0.1, -0.05) is 42.5 Å². The summed E-state index contributed by atoms with van der Waals surface area (Å²) in [7, 11) is 0. The molecule has 1 amide bonds. The van der Waals surface area contributed by atoms with Crippen LogP contribution in [0, 0.1) is 0 Å². The molecule has 0 spiro atoms. The summed E-state index contributed by atoms with van der Waals surface area (Å²) >= 11 is 0. The molecule has 1 aliphatic heterocycles. The molecule has 0 saturated carbocycles. The molecule has 6 nitrogen and oxygen atoms in total. The lowest BCUT2D eigenvalue weighted by atomic mass is 9.98. The van der Waals surface area contributed by atoms with Crippen molar-refractivity contribution >= 4 is 11.8 Å². The zero-order valence-corrected chi connectivity index (χ0v) is 21.5. The van der Waals surface area contributed by atoms with Crippen LogP contribution >= 0.6 is 0 Å². The molecule has 0 aliphatic carbocycles. The molecular weight excluding hydrogens is 440 g/mol. The lowest BCUT2D eigenvalue weighted by molar-refractivity contribution is 0.120. The standard InChI is InChI=1S/C29H42N2O4/c1-29(2,30-28(32)35-24-26-11-4-3-5-12-26)17-7-9-21-33-20-8-6-10-25-13-15-27(16-14-25)31-18-22-34-23-19-31/h3-5,11-16H,6-10,17-24H2,1-2H3,(H,30,32). The topological polar surface area (TPSA) is 60.0 Å². The van der Waals surface area contributed by atoms with Gasteiger partial charge in [-0.3, -0.25) is 0 Å². The van der Waals surface area contributed by atoms with E-state index in [1.165, 1.54) is 11.3 Å². The van der Waals surface area contributed by atoms with E-state index in [0.717, 1.165) is 83.6 Å². The number of morpholine rings is 1. The summed E-state index contributed by atoms with van der Waals surface area (Å²) in [5.74, 6) is 0. The Morgan fingerprint density at radius 1 is 0.914 bits per heavy atom. The Hall–Kier alpha value is -2.57. The van der Waals surface area contributed by atoms with Crippen molar-refractivity contribution in [3.05, 3.63) is 65.7 Å². The SMILES string of the molecule is CC(C)(CCCCOCCCCc1ccc(N2CCOCC2)cc1)NC(=O)OCc1ccccc1. The van der Waals surface area contributed by atoms with Crippen LogP contribution in [0.3, 0.4) is 0 Å². The number of rotatable bonds is 14. The molecule has 192 valence electrons. The number of carbonyl (C=O) groups excluding carboxylic acids is 1. The number of unbranched alkanes of at least 4 members (excludes halogenated alkanes) is 2. The van der Waals surface area contributed by atoms with Gasteiger partial charge in [0.15, 0.2) is 0 Å². The van der Waals surface area contributed by atoms with Crippen LogP contribution < -0.4 is 10.2 Å². The number of nitrogens with one attached hydrogen (secondary N) is 1. The molecule has 1 aliphatic rings. The number of aryl methyl sites for hydroxylation is 1. The molecule has 0 aromatic heterocycles. The van der Waals surface area contributed by atoms with Gasteiger partial charge in [0.25, 0.3) is 0 Å². The molecule has 0 radical (unpaired) electrons. The highest BCUT2D eigenvalue weighted by atomic mass is 16.5. The minimum atomic E-state index is -0.370. The van der Waals surface area contributed by atoms with E-state index in [1.54, 1.807) is 0 Å². The molecule has 0 bridgehead atoms. The van der Waals surface area contributed by atoms with Gasteiger partial charge in [0.05, 0.1) is 13.2 Å². The summed E-state index contributed by atoms with van der Waals surface area (Å²) in [4.78, 5) is 14.5. The minimum Gasteiger partial charge on any atom is -0.445 e. The number of carbonyl (C=O) groups is 1. The first-order valence-corrected chi connectivity index (χ1v) is 13.0. The monoisotopic (exact) mass is 482 g/mol. The molecule has 1 heterocycles. The van der Waals surface area contributed by atoms with Crippen molar-refractivity contribution in [3.8, 4) is 0 Å². The predicted octanol–water partition coefficient (Wildman–Crippen LogP) is 5.74. The van der Waals surface area contributed by atoms with E-state index in [1.807, 2.05) is 44.2 Å². The van der Waals surface area contributed by atoms with Gasteiger partial charge in [0.2, 0.25) is 0 Å². The van der Waals surface area contributed by atoms with E-state index in [0.29, 0.717) is 0 Å². The number of hydrogen-bond acceptors (Lipinski definition) is 5. The van der Waals surface area contributed by atoms with Crippen LogP contribution in [0.25, 0.3) is 0 Å². The third-order valence-electron chi connectivity index (χ3n) is 6.31. The maximum Gasteiger partial charge on any atom is 0.407 e. The number of hydrogen-bond donors (Lipinski definition) is 1. The molecule has 1 N–H and O–H groups in total. The number of amides is 1. The summed E-state index contributed by atoms with van der Waals surface area (Å²) < 4.78 is 16.6. The fourth-order valence-electron chi connectivity index (χ4n) is 4.20. The first-order chi connectivity index (χ1) is 17.0. The van der Waals surface area contributed by atoms with Crippen molar-refractivity contribution in [1.29, 1.82) is 0 Å². The third-order valence-corrected chi connectivity index (χ3v) is 6.31. The fraction of sp³-hybridized carbons (Fsp3) is 0.552. The molecular formula is C29H42N2O4. The van der Waals surface area contributed by atoms with Crippen molar-refractivity contribution in [2.45, 2.75) is 64.5 Å². The average Bonchev–Trinajstić information content (AvgIpc) is 2.88. The van der Waals surface area contributed by atoms with Crippen molar-refractivity contribution in [3.63, 3.8) is 0 Å². The van der Waals surface area contributed by atoms with Crippen molar-refractivity contribution in [2.24, 2.45) is 0 Å². The second-order valence-electron chi connectivity index (χ2n) is 9.86. The molecule has 6 heteroatoms. The highest BCUT2D eigenvalue weighted by molar-refractivity contribution is 5.68. The van der Waals surface area contributed by atoms with Crippen LogP contribution in [0.15, 0.2) is 54.6 Å². The van der Waals surface area contributed by atoms with Crippen LogP contribution in [-0.2, 0) is 27.2 Å². The number of anilines is 1. The van der Waals surface area contributed by atoms with Crippen molar-refractivity contribution in [1.82, 2.24) is 5.32 Å². The highest BCUT2D eigenvalue weighted by Crippen LogP contribution is 2.18. The Bertz CT molecular complexity index is 849. The second-order valence-corrected chi connectivity index (χ2v) is 9.86. The third kappa shape index (κ3) is 10.7. The summed E-state index contributed by atoms with van der Waals surface area (Å²) in [5.41, 5.74) is 3.37. The van der Waals surface area contributed by atoms with Gasteiger partial charge in [-0.25, -0.2) is 4.79 Å². The molecule has 2 aromatic carbocycles. The minimum absolute atomic E-state index is 0.288. The Morgan fingerprint density at radius 3 is 2.31 bits per heavy atom. The van der Waals surface area contributed by atoms with Crippen LogP contribution in [-0.4, -0.2) is 51.1 Å². The van der Waals surface area contributed by atoms with E-state index in [-0.39, 0.29) is 18.2 Å². The number of alkyl carbamates (subject to hydrolysis) is 1. The summed E-state index contributed by atoms with van der Waals surface area (Å²) in [6.07, 6.45) is 5.81. The van der Waals surface area contributed by atoms with Gasteiger partial charge in [-0.2, -0.15) is 0 Å². The average molecular weight is 483 g/mol. The lowest BCUT2D eigenvalue weighted by Crippen LogP contribution is -2.43. The maximum absolute atomic E-state index is 12.1. The maximum atomic E-state index is 12.1. The molecule has 1 saturated heterocycles. The summed E-state index contributed by atoms with van der Waals surface area (Å²) in [6, 6.07) is 18.7. The Labute approximate surface area is 210 Å². The Kier molecular flexibility index (Phi) is 11.4. The van der Waals surface area contributed by atoms with E-state index in [4.69, 9.17) is 14.2 Å². The smallest absolute Gasteiger partial charge is 0.407 e. The van der Waals surface area contributed by atoms with Gasteiger partial charge < -0.3 is 24.4 Å². The van der Waals surface area contributed by atoms with Crippen LogP contribution in [0.1, 0.15) is 57.1 Å². The molecule has 0 atom stereocenters. The van der Waals surface area contributed by atoms with Crippen LogP contribution in [0.4, 0.5) is 10.5 Å². The van der Waals surface area contributed by atoms with Gasteiger partial charge in [0.1, 0.15) is 6.61 Å². The fourth-order valence-corrected chi connectivity index (χ4v) is 4.20. The number of ether oxygens (including phenoxy) is 3. The molecule has 3 rings (SSSR count). The Morgan fingerprint density at radius 2 is 1.60 bits per heavy atom. The van der Waals surface area contributed by atoms with E-state index in [2.05, 4.69) is 34.5 Å². The second kappa shape index (κ2) is 14.7. The molecule has 0 unspecified atom stereocenters. The summed E-state index contributed by atoms with van der Waals surface area (Å²) in [5, 5.41) is 2.97. The molecule has 35 heavy (non-hydrogen) atoms. The first kappa shape index (κ1) is 27.0. The first-order valence-electron chi connectivity index (χ1n) is 13.0. The van der Waals surface area contributed by atoms with Crippen LogP contribution in [0.2, 0.25) is 0 Å². The van der Waals surface area contributed by atoms with Crippen LogP contribution in [0.5, 0.6) is 0 Å². The van der Waals surface area contributed by atoms with Gasteiger partial charge in [-0.15, -0.1) is 0 Å². The lowest BCUT2D eigenvalue weighted by Gasteiger charge is -2.28. The summed E-state index contributed by atoms with van der Waals surface area (Å²) in [6.45, 7) is 9.52. The molecule has 1 fully saturated rings. The van der Waals surface area contributed by atoms with Crippen molar-refractivity contribution in [2.75, 3.05) is 44.4 Å². The van der Waals surface area contributed by atoms with Gasteiger partial charge in [-0.05, 0) is 75.6 Å². The Balaban J connectivity index is 1.17. The van der Waals surface area contributed by atoms with E-state index in [9.17, 15) is 4.79 Å². The van der Waals surface area contributed by atoms with Crippen molar-refractivity contribution < 1.29 is 19.0 Å². The quantitative estimate of drug-likeness (QED) is 0.348.